The fourth-order valence-electron chi connectivity index (χ4n) is 6.06. The molecule has 1 saturated carbocycles. The zero-order valence-electron chi connectivity index (χ0n) is 21.2. The van der Waals surface area contributed by atoms with Crippen LogP contribution < -0.4 is 9.88 Å². The maximum absolute atomic E-state index is 13.5. The molecular formula is C29H29N3O5S. The maximum atomic E-state index is 13.5. The number of nitrogens with zero attached hydrogens (tertiary/aromatic N) is 2. The number of primary sulfonamides is 1. The molecule has 0 aromatic heterocycles. The molecule has 9 heteroatoms. The van der Waals surface area contributed by atoms with Crippen LogP contribution in [0.4, 0.5) is 0 Å². The molecule has 2 amide bonds. The van der Waals surface area contributed by atoms with Crippen LogP contribution in [-0.4, -0.2) is 55.8 Å². The van der Waals surface area contributed by atoms with E-state index in [2.05, 4.69) is 0 Å². The lowest BCUT2D eigenvalue weighted by Gasteiger charge is -2.38. The summed E-state index contributed by atoms with van der Waals surface area (Å²) in [7, 11) is -3.81. The first kappa shape index (κ1) is 24.6. The van der Waals surface area contributed by atoms with Crippen molar-refractivity contribution in [3.63, 3.8) is 0 Å². The number of benzene rings is 3. The van der Waals surface area contributed by atoms with Gasteiger partial charge < -0.3 is 14.5 Å². The summed E-state index contributed by atoms with van der Waals surface area (Å²) in [4.78, 5) is 30.2. The van der Waals surface area contributed by atoms with Gasteiger partial charge in [0.1, 0.15) is 5.75 Å². The molecule has 3 aromatic rings. The van der Waals surface area contributed by atoms with Gasteiger partial charge in [0.25, 0.3) is 11.8 Å². The second-order valence-electron chi connectivity index (χ2n) is 10.6. The van der Waals surface area contributed by atoms with Gasteiger partial charge in [0.05, 0.1) is 11.0 Å². The highest BCUT2D eigenvalue weighted by Crippen LogP contribution is 2.53. The summed E-state index contributed by atoms with van der Waals surface area (Å²) in [5, 5.41) is 7.11. The molecule has 3 aromatic carbocycles. The Morgan fingerprint density at radius 2 is 1.63 bits per heavy atom. The number of ether oxygens (including phenoxy) is 1. The molecule has 8 nitrogen and oxygen atoms in total. The van der Waals surface area contributed by atoms with Crippen LogP contribution in [0.25, 0.3) is 10.8 Å². The number of hydrogen-bond acceptors (Lipinski definition) is 5. The fraction of sp³-hybridized carbons (Fsp3) is 0.310. The molecule has 3 atom stereocenters. The SMILES string of the molecule is CC(C)Oc1cc(C(=O)N2C=C3[C@@H](C2)[C@H]2CN(C(=O)c4ccc(S(N)(=O)=O)cc4)C[C@@H]32)cc2ccccc12. The van der Waals surface area contributed by atoms with E-state index in [0.29, 0.717) is 42.4 Å². The minimum absolute atomic E-state index is 0.00910. The van der Waals surface area contributed by atoms with Crippen LogP contribution >= 0.6 is 0 Å². The number of likely N-dealkylation sites (tertiary alicyclic amines) is 1. The molecule has 0 unspecified atom stereocenters. The summed E-state index contributed by atoms with van der Waals surface area (Å²) in [6, 6.07) is 17.4. The second kappa shape index (κ2) is 8.96. The molecule has 2 fully saturated rings. The summed E-state index contributed by atoms with van der Waals surface area (Å²) in [6.45, 7) is 5.75. The number of sulfonamides is 1. The Kier molecular flexibility index (Phi) is 5.81. The van der Waals surface area contributed by atoms with E-state index in [4.69, 9.17) is 9.88 Å². The van der Waals surface area contributed by atoms with Crippen LogP contribution in [0.15, 0.2) is 77.3 Å². The standard InChI is InChI=1S/C29H29N3O5S/c1-17(2)37-27-12-20(11-19-5-3-4-6-22(19)27)29(34)32-15-25-23-13-31(14-24(23)26(25)16-32)28(33)18-7-9-21(10-8-18)38(30,35)36/h3-12,15,17,23-24,26H,13-14,16H2,1-2H3,(H2,30,35,36)/t23-,24+,26+/m1/s1. The van der Waals surface area contributed by atoms with Crippen LogP contribution in [0.3, 0.4) is 0 Å². The average Bonchev–Trinajstić information content (AvgIpc) is 3.45. The number of carbonyl (C=O) groups is 2. The van der Waals surface area contributed by atoms with Gasteiger partial charge in [0.2, 0.25) is 10.0 Å². The quantitative estimate of drug-likeness (QED) is 0.541. The first-order chi connectivity index (χ1) is 18.1. The predicted molar refractivity (Wildman–Crippen MR) is 143 cm³/mol. The van der Waals surface area contributed by atoms with Crippen LogP contribution in [0.5, 0.6) is 5.75 Å². The lowest BCUT2D eigenvalue weighted by molar-refractivity contribution is 0.0772. The molecular weight excluding hydrogens is 502 g/mol. The van der Waals surface area contributed by atoms with Gasteiger partial charge in [-0.15, -0.1) is 0 Å². The molecule has 0 spiro atoms. The van der Waals surface area contributed by atoms with E-state index in [9.17, 15) is 18.0 Å². The Bertz CT molecular complexity index is 1600. The summed E-state index contributed by atoms with van der Waals surface area (Å²) in [6.07, 6.45) is 1.96. The molecule has 0 bridgehead atoms. The van der Waals surface area contributed by atoms with Gasteiger partial charge >= 0.3 is 0 Å². The lowest BCUT2D eigenvalue weighted by Crippen LogP contribution is -2.39. The van der Waals surface area contributed by atoms with E-state index in [1.165, 1.54) is 29.8 Å². The molecule has 2 heterocycles. The van der Waals surface area contributed by atoms with Gasteiger partial charge in [-0.3, -0.25) is 9.59 Å². The van der Waals surface area contributed by atoms with Crippen molar-refractivity contribution in [3.05, 3.63) is 83.6 Å². The molecule has 1 aliphatic carbocycles. The van der Waals surface area contributed by atoms with Crippen LogP contribution in [-0.2, 0) is 10.0 Å². The van der Waals surface area contributed by atoms with Crippen LogP contribution in [0.1, 0.15) is 34.6 Å². The second-order valence-corrected chi connectivity index (χ2v) is 12.2. The van der Waals surface area contributed by atoms with Crippen molar-refractivity contribution in [2.75, 3.05) is 19.6 Å². The Balaban J connectivity index is 1.18. The third-order valence-electron chi connectivity index (χ3n) is 7.85. The van der Waals surface area contributed by atoms with E-state index in [1.807, 2.05) is 61.3 Å². The van der Waals surface area contributed by atoms with Crippen molar-refractivity contribution in [2.24, 2.45) is 22.9 Å². The molecule has 2 aliphatic heterocycles. The minimum atomic E-state index is -3.81. The molecule has 1 saturated heterocycles. The molecule has 6 rings (SSSR count). The average molecular weight is 532 g/mol. The van der Waals surface area contributed by atoms with Crippen molar-refractivity contribution in [3.8, 4) is 5.75 Å². The zero-order chi connectivity index (χ0) is 26.8. The van der Waals surface area contributed by atoms with Crippen molar-refractivity contribution in [1.29, 1.82) is 0 Å². The third-order valence-corrected chi connectivity index (χ3v) is 8.78. The Labute approximate surface area is 221 Å². The topological polar surface area (TPSA) is 110 Å². The zero-order valence-corrected chi connectivity index (χ0v) is 22.0. The van der Waals surface area contributed by atoms with E-state index in [-0.39, 0.29) is 34.6 Å². The largest absolute Gasteiger partial charge is 0.490 e. The summed E-state index contributed by atoms with van der Waals surface area (Å²) >= 11 is 0. The summed E-state index contributed by atoms with van der Waals surface area (Å²) in [5.41, 5.74) is 2.26. The fourth-order valence-corrected chi connectivity index (χ4v) is 6.58. The summed E-state index contributed by atoms with van der Waals surface area (Å²) in [5.74, 6) is 1.33. The van der Waals surface area contributed by atoms with E-state index in [1.54, 1.807) is 4.90 Å². The van der Waals surface area contributed by atoms with Crippen molar-refractivity contribution >= 4 is 32.6 Å². The van der Waals surface area contributed by atoms with Gasteiger partial charge in [-0.05, 0) is 67.1 Å². The number of carbonyl (C=O) groups excluding carboxylic acids is 2. The monoisotopic (exact) mass is 531 g/mol. The minimum Gasteiger partial charge on any atom is -0.490 e. The maximum Gasteiger partial charge on any atom is 0.257 e. The van der Waals surface area contributed by atoms with Gasteiger partial charge in [0, 0.05) is 54.2 Å². The number of nitrogens with two attached hydrogens (primary N) is 1. The highest BCUT2D eigenvalue weighted by molar-refractivity contribution is 7.89. The predicted octanol–water partition coefficient (Wildman–Crippen LogP) is 3.63. The van der Waals surface area contributed by atoms with Crippen molar-refractivity contribution < 1.29 is 22.7 Å². The van der Waals surface area contributed by atoms with Crippen LogP contribution in [0, 0.1) is 17.8 Å². The number of rotatable bonds is 5. The Morgan fingerprint density at radius 3 is 2.34 bits per heavy atom. The first-order valence-electron chi connectivity index (χ1n) is 12.7. The molecule has 196 valence electrons. The summed E-state index contributed by atoms with van der Waals surface area (Å²) < 4.78 is 29.0. The normalized spacial score (nSPS) is 22.2. The third kappa shape index (κ3) is 4.16. The Morgan fingerprint density at radius 1 is 0.921 bits per heavy atom. The Hall–Kier alpha value is -3.69. The van der Waals surface area contributed by atoms with E-state index in [0.717, 1.165) is 10.8 Å². The lowest BCUT2D eigenvalue weighted by atomic mass is 9.64. The smallest absolute Gasteiger partial charge is 0.257 e. The molecule has 2 N–H and O–H groups in total. The highest BCUT2D eigenvalue weighted by atomic mass is 32.2. The van der Waals surface area contributed by atoms with Gasteiger partial charge in [-0.25, -0.2) is 13.6 Å². The van der Waals surface area contributed by atoms with Crippen LogP contribution in [0.2, 0.25) is 0 Å². The molecule has 0 radical (unpaired) electrons. The molecule has 38 heavy (non-hydrogen) atoms. The number of fused-ring (bicyclic) bond motifs is 5. The van der Waals surface area contributed by atoms with E-state index >= 15 is 0 Å². The first-order valence-corrected chi connectivity index (χ1v) is 14.3. The number of hydrogen-bond donors (Lipinski definition) is 1. The van der Waals surface area contributed by atoms with Gasteiger partial charge in [-0.1, -0.05) is 24.3 Å². The van der Waals surface area contributed by atoms with Crippen molar-refractivity contribution in [1.82, 2.24) is 9.80 Å². The van der Waals surface area contributed by atoms with E-state index < -0.39 is 10.0 Å². The number of amides is 2. The highest BCUT2D eigenvalue weighted by Gasteiger charge is 2.55. The van der Waals surface area contributed by atoms with Gasteiger partial charge in [0.15, 0.2) is 0 Å². The molecule has 3 aliphatic rings. The van der Waals surface area contributed by atoms with Crippen molar-refractivity contribution in [2.45, 2.75) is 24.8 Å². The van der Waals surface area contributed by atoms with Gasteiger partial charge in [-0.2, -0.15) is 0 Å².